The smallest absolute Gasteiger partial charge is 0.300 e. The Balaban J connectivity index is 2.89. The van der Waals surface area contributed by atoms with E-state index < -0.39 is 0 Å². The van der Waals surface area contributed by atoms with Crippen LogP contribution in [0.4, 0.5) is 0 Å². The van der Waals surface area contributed by atoms with E-state index >= 15 is 0 Å². The number of rotatable bonds is 0. The maximum Gasteiger partial charge on any atom is 0.365 e. The van der Waals surface area contributed by atoms with Crippen molar-refractivity contribution in [2.24, 2.45) is 0 Å². The predicted octanol–water partition coefficient (Wildman–Crippen LogP) is 1.34. The van der Waals surface area contributed by atoms with Crippen LogP contribution in [0.2, 0.25) is 0 Å². The first-order valence-electron chi connectivity index (χ1n) is 3.93. The van der Waals surface area contributed by atoms with Crippen molar-refractivity contribution in [3.8, 4) is 0 Å². The van der Waals surface area contributed by atoms with Crippen LogP contribution in [0.1, 0.15) is 17.0 Å². The van der Waals surface area contributed by atoms with Crippen molar-refractivity contribution in [3.63, 3.8) is 0 Å². The van der Waals surface area contributed by atoms with Crippen molar-refractivity contribution < 1.29 is 9.10 Å². The molecule has 0 saturated heterocycles. The summed E-state index contributed by atoms with van der Waals surface area (Å²) in [5, 5.41) is 0. The Bertz CT molecular complexity index is 431. The lowest BCUT2D eigenvalue weighted by molar-refractivity contribution is -0.725. The second kappa shape index (κ2) is 2.30. The molecule has 0 fully saturated rings. The minimum Gasteiger partial charge on any atom is -0.300 e. The molecule has 0 aliphatic carbocycles. The van der Waals surface area contributed by atoms with Gasteiger partial charge < -0.3 is 4.52 Å². The third kappa shape index (κ3) is 0.897. The van der Waals surface area contributed by atoms with Crippen LogP contribution in [0, 0.1) is 20.8 Å². The largest absolute Gasteiger partial charge is 0.365 e. The van der Waals surface area contributed by atoms with Gasteiger partial charge in [0.05, 0.1) is 6.07 Å². The standard InChI is InChI=1S/C9H11N2O/c1-6-5-10-9-4-7(2)12-11(9)8(6)3/h4-5H,1-3H3/q+1. The fourth-order valence-corrected chi connectivity index (χ4v) is 1.20. The average molecular weight is 163 g/mol. The minimum atomic E-state index is 0.871. The highest BCUT2D eigenvalue weighted by Gasteiger charge is 2.13. The minimum absolute atomic E-state index is 0.871. The zero-order valence-corrected chi connectivity index (χ0v) is 7.46. The van der Waals surface area contributed by atoms with Crippen molar-refractivity contribution >= 4 is 5.65 Å². The zero-order chi connectivity index (χ0) is 8.72. The molecule has 3 heteroatoms. The second-order valence-electron chi connectivity index (χ2n) is 3.03. The molecule has 3 nitrogen and oxygen atoms in total. The van der Waals surface area contributed by atoms with Crippen LogP contribution in [0.25, 0.3) is 5.65 Å². The molecule has 12 heavy (non-hydrogen) atoms. The monoisotopic (exact) mass is 163 g/mol. The first kappa shape index (κ1) is 7.28. The van der Waals surface area contributed by atoms with Gasteiger partial charge in [0.1, 0.15) is 6.20 Å². The van der Waals surface area contributed by atoms with Crippen LogP contribution >= 0.6 is 0 Å². The normalized spacial score (nSPS) is 10.9. The van der Waals surface area contributed by atoms with Crippen LogP contribution < -0.4 is 4.57 Å². The van der Waals surface area contributed by atoms with Gasteiger partial charge in [0.2, 0.25) is 0 Å². The molecule has 0 spiro atoms. The van der Waals surface area contributed by atoms with Gasteiger partial charge in [-0.15, -0.1) is 0 Å². The molecule has 0 aliphatic heterocycles. The maximum atomic E-state index is 5.43. The van der Waals surface area contributed by atoms with Crippen LogP contribution in [0.5, 0.6) is 0 Å². The van der Waals surface area contributed by atoms with Crippen LogP contribution in [-0.4, -0.2) is 4.98 Å². The van der Waals surface area contributed by atoms with Crippen LogP contribution in [0.3, 0.4) is 0 Å². The molecule has 0 unspecified atom stereocenters. The number of fused-ring (bicyclic) bond motifs is 1. The van der Waals surface area contributed by atoms with Crippen molar-refractivity contribution in [1.29, 1.82) is 0 Å². The Hall–Kier alpha value is -1.38. The Morgan fingerprint density at radius 1 is 1.33 bits per heavy atom. The van der Waals surface area contributed by atoms with Crippen LogP contribution in [-0.2, 0) is 0 Å². The van der Waals surface area contributed by atoms with Crippen molar-refractivity contribution in [1.82, 2.24) is 4.98 Å². The summed E-state index contributed by atoms with van der Waals surface area (Å²) < 4.78 is 7.19. The topological polar surface area (TPSA) is 30.1 Å². The highest BCUT2D eigenvalue weighted by Crippen LogP contribution is 2.04. The molecule has 0 aromatic carbocycles. The molecule has 0 bridgehead atoms. The SMILES string of the molecule is Cc1cc2ncc(C)c(C)[n+]2o1. The number of aromatic nitrogens is 2. The summed E-state index contributed by atoms with van der Waals surface area (Å²) >= 11 is 0. The summed E-state index contributed by atoms with van der Waals surface area (Å²) in [5.41, 5.74) is 3.12. The van der Waals surface area contributed by atoms with Gasteiger partial charge in [-0.25, -0.2) is 0 Å². The Labute approximate surface area is 70.6 Å². The Kier molecular flexibility index (Phi) is 1.40. The molecular formula is C9H11N2O+. The molecule has 0 radical (unpaired) electrons. The van der Waals surface area contributed by atoms with E-state index in [1.54, 1.807) is 4.57 Å². The number of aryl methyl sites for hydroxylation is 3. The van der Waals surface area contributed by atoms with Gasteiger partial charge in [0.25, 0.3) is 0 Å². The van der Waals surface area contributed by atoms with Gasteiger partial charge in [0.15, 0.2) is 11.5 Å². The molecule has 62 valence electrons. The summed E-state index contributed by atoms with van der Waals surface area (Å²) in [5.74, 6) is 0.885. The van der Waals surface area contributed by atoms with E-state index in [-0.39, 0.29) is 0 Å². The van der Waals surface area contributed by atoms with Gasteiger partial charge in [0, 0.05) is 12.5 Å². The second-order valence-corrected chi connectivity index (χ2v) is 3.03. The number of hydrogen-bond donors (Lipinski definition) is 0. The quantitative estimate of drug-likeness (QED) is 0.548. The summed E-state index contributed by atoms with van der Waals surface area (Å²) in [4.78, 5) is 4.23. The average Bonchev–Trinajstić information content (AvgIpc) is 2.39. The molecule has 0 amide bonds. The summed E-state index contributed by atoms with van der Waals surface area (Å²) in [6.07, 6.45) is 1.86. The van der Waals surface area contributed by atoms with Gasteiger partial charge in [-0.3, -0.25) is 0 Å². The van der Waals surface area contributed by atoms with Gasteiger partial charge in [-0.05, 0) is 23.4 Å². The molecule has 2 aromatic heterocycles. The Morgan fingerprint density at radius 2 is 2.08 bits per heavy atom. The highest BCUT2D eigenvalue weighted by molar-refractivity contribution is 5.30. The summed E-state index contributed by atoms with van der Waals surface area (Å²) in [7, 11) is 0. The molecule has 0 atom stereocenters. The lowest BCUT2D eigenvalue weighted by atomic mass is 10.3. The van der Waals surface area contributed by atoms with E-state index in [9.17, 15) is 0 Å². The predicted molar refractivity (Wildman–Crippen MR) is 43.9 cm³/mol. The molecule has 0 saturated carbocycles. The lowest BCUT2D eigenvalue weighted by Crippen LogP contribution is -2.24. The Morgan fingerprint density at radius 3 is 2.83 bits per heavy atom. The highest BCUT2D eigenvalue weighted by atomic mass is 16.5. The molecule has 2 rings (SSSR count). The van der Waals surface area contributed by atoms with E-state index in [4.69, 9.17) is 4.52 Å². The first-order chi connectivity index (χ1) is 5.68. The fourth-order valence-electron chi connectivity index (χ4n) is 1.20. The van der Waals surface area contributed by atoms with E-state index in [1.807, 2.05) is 33.0 Å². The van der Waals surface area contributed by atoms with E-state index in [1.165, 1.54) is 0 Å². The third-order valence-electron chi connectivity index (χ3n) is 2.04. The van der Waals surface area contributed by atoms with E-state index in [0.717, 1.165) is 22.7 Å². The number of hydrogen-bond acceptors (Lipinski definition) is 2. The van der Waals surface area contributed by atoms with E-state index in [2.05, 4.69) is 4.98 Å². The van der Waals surface area contributed by atoms with Crippen molar-refractivity contribution in [2.75, 3.05) is 0 Å². The molecule has 2 heterocycles. The van der Waals surface area contributed by atoms with Gasteiger partial charge >= 0.3 is 5.65 Å². The molecule has 0 aliphatic rings. The zero-order valence-electron chi connectivity index (χ0n) is 7.46. The molecule has 0 N–H and O–H groups in total. The lowest BCUT2D eigenvalue weighted by Gasteiger charge is -1.90. The van der Waals surface area contributed by atoms with Crippen molar-refractivity contribution in [3.05, 3.63) is 29.3 Å². The summed E-state index contributed by atoms with van der Waals surface area (Å²) in [6, 6.07) is 1.92. The van der Waals surface area contributed by atoms with Gasteiger partial charge in [-0.2, -0.15) is 0 Å². The van der Waals surface area contributed by atoms with Crippen LogP contribution in [0.15, 0.2) is 16.8 Å². The summed E-state index contributed by atoms with van der Waals surface area (Å²) in [6.45, 7) is 5.96. The van der Waals surface area contributed by atoms with Crippen molar-refractivity contribution in [2.45, 2.75) is 20.8 Å². The number of nitrogens with zero attached hydrogens (tertiary/aromatic N) is 2. The van der Waals surface area contributed by atoms with Gasteiger partial charge in [-0.1, -0.05) is 0 Å². The molecule has 2 aromatic rings. The van der Waals surface area contributed by atoms with E-state index in [0.29, 0.717) is 0 Å². The maximum absolute atomic E-state index is 5.43. The molecular weight excluding hydrogens is 152 g/mol. The first-order valence-corrected chi connectivity index (χ1v) is 3.93. The fraction of sp³-hybridized carbons (Fsp3) is 0.333. The third-order valence-corrected chi connectivity index (χ3v) is 2.04.